The second-order valence-corrected chi connectivity index (χ2v) is 5.29. The van der Waals surface area contributed by atoms with E-state index >= 15 is 0 Å². The Bertz CT molecular complexity index is 598. The first-order valence-electron chi connectivity index (χ1n) is 6.88. The number of halogens is 1. The lowest BCUT2D eigenvalue weighted by Crippen LogP contribution is -2.23. The molecule has 3 rings (SSSR count). The van der Waals surface area contributed by atoms with Crippen molar-refractivity contribution in [1.29, 1.82) is 0 Å². The largest absolute Gasteiger partial charge is 0.493 e. The summed E-state index contributed by atoms with van der Waals surface area (Å²) in [6, 6.07) is 10.3. The van der Waals surface area contributed by atoms with E-state index in [1.165, 1.54) is 11.1 Å². The molecule has 1 aliphatic rings. The van der Waals surface area contributed by atoms with Crippen LogP contribution in [-0.4, -0.2) is 18.1 Å². The SMILES string of the molecule is CCNC(c1ccc2c(c1)CCO2)c1ccc(Cl)cn1. The van der Waals surface area contributed by atoms with E-state index in [-0.39, 0.29) is 6.04 Å². The molecule has 1 aliphatic heterocycles. The van der Waals surface area contributed by atoms with Crippen LogP contribution in [0.5, 0.6) is 5.75 Å². The molecule has 104 valence electrons. The van der Waals surface area contributed by atoms with Gasteiger partial charge in [-0.25, -0.2) is 0 Å². The molecule has 20 heavy (non-hydrogen) atoms. The second kappa shape index (κ2) is 5.81. The van der Waals surface area contributed by atoms with Gasteiger partial charge in [-0.1, -0.05) is 30.7 Å². The number of aromatic nitrogens is 1. The van der Waals surface area contributed by atoms with Crippen molar-refractivity contribution in [2.45, 2.75) is 19.4 Å². The quantitative estimate of drug-likeness (QED) is 0.937. The number of benzene rings is 1. The van der Waals surface area contributed by atoms with Crippen LogP contribution in [0.1, 0.15) is 29.8 Å². The molecule has 0 spiro atoms. The molecular formula is C16H17ClN2O. The van der Waals surface area contributed by atoms with Gasteiger partial charge in [0.05, 0.1) is 23.4 Å². The summed E-state index contributed by atoms with van der Waals surface area (Å²) in [6.07, 6.45) is 2.67. The van der Waals surface area contributed by atoms with Crippen molar-refractivity contribution in [1.82, 2.24) is 10.3 Å². The summed E-state index contributed by atoms with van der Waals surface area (Å²) in [4.78, 5) is 4.44. The third-order valence-corrected chi connectivity index (χ3v) is 3.72. The van der Waals surface area contributed by atoms with Gasteiger partial charge in [0.15, 0.2) is 0 Å². The lowest BCUT2D eigenvalue weighted by molar-refractivity contribution is 0.357. The number of nitrogens with one attached hydrogen (secondary N) is 1. The Morgan fingerprint density at radius 1 is 1.35 bits per heavy atom. The molecule has 1 unspecified atom stereocenters. The number of nitrogens with zero attached hydrogens (tertiary/aromatic N) is 1. The molecule has 0 aliphatic carbocycles. The molecule has 0 bridgehead atoms. The first-order valence-corrected chi connectivity index (χ1v) is 7.26. The number of hydrogen-bond acceptors (Lipinski definition) is 3. The maximum absolute atomic E-state index is 5.92. The summed E-state index contributed by atoms with van der Waals surface area (Å²) in [6.45, 7) is 3.76. The summed E-state index contributed by atoms with van der Waals surface area (Å²) in [7, 11) is 0. The van der Waals surface area contributed by atoms with Crippen molar-refractivity contribution >= 4 is 11.6 Å². The summed E-state index contributed by atoms with van der Waals surface area (Å²) in [5.74, 6) is 1.01. The number of rotatable bonds is 4. The van der Waals surface area contributed by atoms with Crippen molar-refractivity contribution in [3.05, 3.63) is 58.4 Å². The molecule has 1 atom stereocenters. The van der Waals surface area contributed by atoms with E-state index in [0.717, 1.165) is 31.0 Å². The molecule has 3 nitrogen and oxygen atoms in total. The average Bonchev–Trinajstić information content (AvgIpc) is 2.93. The fourth-order valence-electron chi connectivity index (χ4n) is 2.54. The van der Waals surface area contributed by atoms with Crippen LogP contribution < -0.4 is 10.1 Å². The Kier molecular flexibility index (Phi) is 3.90. The molecule has 1 aromatic heterocycles. The molecule has 4 heteroatoms. The molecule has 1 aromatic carbocycles. The van der Waals surface area contributed by atoms with E-state index in [2.05, 4.69) is 35.4 Å². The van der Waals surface area contributed by atoms with Crippen molar-refractivity contribution < 1.29 is 4.74 Å². The van der Waals surface area contributed by atoms with Crippen LogP contribution in [0.15, 0.2) is 36.5 Å². The van der Waals surface area contributed by atoms with Crippen molar-refractivity contribution in [3.63, 3.8) is 0 Å². The third-order valence-electron chi connectivity index (χ3n) is 3.50. The van der Waals surface area contributed by atoms with Crippen LogP contribution in [0.2, 0.25) is 5.02 Å². The lowest BCUT2D eigenvalue weighted by Gasteiger charge is -2.18. The average molecular weight is 289 g/mol. The molecule has 1 N–H and O–H groups in total. The molecule has 0 saturated heterocycles. The Morgan fingerprint density at radius 2 is 2.25 bits per heavy atom. The zero-order valence-electron chi connectivity index (χ0n) is 11.4. The van der Waals surface area contributed by atoms with Crippen LogP contribution in [0.3, 0.4) is 0 Å². The molecular weight excluding hydrogens is 272 g/mol. The molecule has 0 radical (unpaired) electrons. The summed E-state index contributed by atoms with van der Waals surface area (Å²) < 4.78 is 5.56. The number of fused-ring (bicyclic) bond motifs is 1. The van der Waals surface area contributed by atoms with Gasteiger partial charge in [0, 0.05) is 12.6 Å². The van der Waals surface area contributed by atoms with Gasteiger partial charge >= 0.3 is 0 Å². The minimum Gasteiger partial charge on any atom is -0.493 e. The Balaban J connectivity index is 1.95. The van der Waals surface area contributed by atoms with E-state index < -0.39 is 0 Å². The summed E-state index contributed by atoms with van der Waals surface area (Å²) >= 11 is 5.92. The zero-order valence-corrected chi connectivity index (χ0v) is 12.2. The molecule has 2 heterocycles. The van der Waals surface area contributed by atoms with Crippen LogP contribution in [0.25, 0.3) is 0 Å². The fourth-order valence-corrected chi connectivity index (χ4v) is 2.65. The molecule has 0 fully saturated rings. The van der Waals surface area contributed by atoms with E-state index in [0.29, 0.717) is 5.02 Å². The first kappa shape index (κ1) is 13.4. The minimum atomic E-state index is 0.0863. The van der Waals surface area contributed by atoms with E-state index in [1.807, 2.05) is 12.1 Å². The van der Waals surface area contributed by atoms with E-state index in [1.54, 1.807) is 6.20 Å². The molecule has 0 saturated carbocycles. The van der Waals surface area contributed by atoms with Crippen LogP contribution >= 0.6 is 11.6 Å². The van der Waals surface area contributed by atoms with Gasteiger partial charge in [-0.2, -0.15) is 0 Å². The molecule has 0 amide bonds. The number of pyridine rings is 1. The van der Waals surface area contributed by atoms with E-state index in [9.17, 15) is 0 Å². The smallest absolute Gasteiger partial charge is 0.122 e. The van der Waals surface area contributed by atoms with Gasteiger partial charge in [-0.3, -0.25) is 4.98 Å². The maximum Gasteiger partial charge on any atom is 0.122 e. The van der Waals surface area contributed by atoms with E-state index in [4.69, 9.17) is 16.3 Å². The van der Waals surface area contributed by atoms with Crippen LogP contribution in [0.4, 0.5) is 0 Å². The predicted molar refractivity (Wildman–Crippen MR) is 80.4 cm³/mol. The highest BCUT2D eigenvalue weighted by atomic mass is 35.5. The highest BCUT2D eigenvalue weighted by Crippen LogP contribution is 2.30. The summed E-state index contributed by atoms with van der Waals surface area (Å²) in [5, 5.41) is 4.14. The van der Waals surface area contributed by atoms with Gasteiger partial charge in [-0.05, 0) is 35.9 Å². The topological polar surface area (TPSA) is 34.1 Å². The van der Waals surface area contributed by atoms with Gasteiger partial charge < -0.3 is 10.1 Å². The Hall–Kier alpha value is -1.58. The second-order valence-electron chi connectivity index (χ2n) is 4.86. The normalized spacial score (nSPS) is 14.7. The third kappa shape index (κ3) is 2.65. The zero-order chi connectivity index (χ0) is 13.9. The van der Waals surface area contributed by atoms with Gasteiger partial charge in [-0.15, -0.1) is 0 Å². The minimum absolute atomic E-state index is 0.0863. The van der Waals surface area contributed by atoms with Gasteiger partial charge in [0.25, 0.3) is 0 Å². The van der Waals surface area contributed by atoms with Crippen LogP contribution in [0, 0.1) is 0 Å². The van der Waals surface area contributed by atoms with Crippen molar-refractivity contribution in [2.24, 2.45) is 0 Å². The standard InChI is InChI=1S/C16H17ClN2O/c1-2-18-16(14-5-4-13(17)10-19-14)12-3-6-15-11(9-12)7-8-20-15/h3-6,9-10,16,18H,2,7-8H2,1H3. The molecule has 2 aromatic rings. The van der Waals surface area contributed by atoms with Gasteiger partial charge in [0.1, 0.15) is 5.75 Å². The monoisotopic (exact) mass is 288 g/mol. The van der Waals surface area contributed by atoms with Gasteiger partial charge in [0.2, 0.25) is 0 Å². The highest BCUT2D eigenvalue weighted by molar-refractivity contribution is 6.30. The number of hydrogen-bond donors (Lipinski definition) is 1. The highest BCUT2D eigenvalue weighted by Gasteiger charge is 2.18. The van der Waals surface area contributed by atoms with Crippen LogP contribution in [-0.2, 0) is 6.42 Å². The summed E-state index contributed by atoms with van der Waals surface area (Å²) in [5.41, 5.74) is 3.47. The lowest BCUT2D eigenvalue weighted by atomic mass is 9.99. The fraction of sp³-hybridized carbons (Fsp3) is 0.312. The maximum atomic E-state index is 5.92. The van der Waals surface area contributed by atoms with Crippen molar-refractivity contribution in [3.8, 4) is 5.75 Å². The Labute approximate surface area is 123 Å². The number of ether oxygens (including phenoxy) is 1. The first-order chi connectivity index (χ1) is 9.78. The Morgan fingerprint density at radius 3 is 3.00 bits per heavy atom. The van der Waals surface area contributed by atoms with Crippen molar-refractivity contribution in [2.75, 3.05) is 13.2 Å². The predicted octanol–water partition coefficient (Wildman–Crippen LogP) is 3.37.